The minimum Gasteiger partial charge on any atom is -0.496 e. The van der Waals surface area contributed by atoms with Gasteiger partial charge in [0.1, 0.15) is 12.3 Å². The molecular weight excluding hydrogens is 332 g/mol. The van der Waals surface area contributed by atoms with E-state index in [1.54, 1.807) is 33.5 Å². The van der Waals surface area contributed by atoms with Gasteiger partial charge in [-0.05, 0) is 17.5 Å². The van der Waals surface area contributed by atoms with E-state index in [2.05, 4.69) is 10.4 Å². The minimum absolute atomic E-state index is 0.0789. The summed E-state index contributed by atoms with van der Waals surface area (Å²) >= 11 is 0. The fraction of sp³-hybridized carbons (Fsp3) is 0.211. The molecule has 0 aliphatic carbocycles. The van der Waals surface area contributed by atoms with E-state index in [0.29, 0.717) is 17.0 Å². The molecule has 0 atom stereocenters. The van der Waals surface area contributed by atoms with Gasteiger partial charge in [0.25, 0.3) is 5.91 Å². The molecule has 0 bridgehead atoms. The SMILES string of the molecule is COc1cccc2cccc(C(=O)Nc3cnn(CC(=O)N(C)C)c3)c12. The highest BCUT2D eigenvalue weighted by Crippen LogP contribution is 2.29. The van der Waals surface area contributed by atoms with Crippen molar-refractivity contribution < 1.29 is 14.3 Å². The van der Waals surface area contributed by atoms with Crippen molar-refractivity contribution in [2.24, 2.45) is 0 Å². The number of likely N-dealkylation sites (N-methyl/N-ethyl adjacent to an activating group) is 1. The summed E-state index contributed by atoms with van der Waals surface area (Å²) in [7, 11) is 4.94. The lowest BCUT2D eigenvalue weighted by Gasteiger charge is -2.10. The van der Waals surface area contributed by atoms with Crippen molar-refractivity contribution >= 4 is 28.3 Å². The first-order valence-corrected chi connectivity index (χ1v) is 8.09. The fourth-order valence-electron chi connectivity index (χ4n) is 2.66. The number of hydrogen-bond donors (Lipinski definition) is 1. The van der Waals surface area contributed by atoms with Crippen LogP contribution in [0.1, 0.15) is 10.4 Å². The summed E-state index contributed by atoms with van der Waals surface area (Å²) in [6, 6.07) is 11.1. The molecule has 0 aliphatic rings. The highest BCUT2D eigenvalue weighted by atomic mass is 16.5. The molecule has 2 aromatic carbocycles. The second kappa shape index (κ2) is 7.26. The van der Waals surface area contributed by atoms with E-state index in [9.17, 15) is 9.59 Å². The van der Waals surface area contributed by atoms with Crippen molar-refractivity contribution in [2.75, 3.05) is 26.5 Å². The van der Waals surface area contributed by atoms with Gasteiger partial charge >= 0.3 is 0 Å². The summed E-state index contributed by atoms with van der Waals surface area (Å²) in [4.78, 5) is 26.0. The lowest BCUT2D eigenvalue weighted by Crippen LogP contribution is -2.26. The van der Waals surface area contributed by atoms with E-state index in [0.717, 1.165) is 10.8 Å². The van der Waals surface area contributed by atoms with Crippen LogP contribution < -0.4 is 10.1 Å². The van der Waals surface area contributed by atoms with E-state index in [1.807, 2.05) is 30.3 Å². The predicted octanol–water partition coefficient (Wildman–Crippen LogP) is 2.39. The van der Waals surface area contributed by atoms with Crippen molar-refractivity contribution in [3.05, 3.63) is 54.4 Å². The third kappa shape index (κ3) is 3.51. The first-order chi connectivity index (χ1) is 12.5. The average molecular weight is 352 g/mol. The number of aromatic nitrogens is 2. The lowest BCUT2D eigenvalue weighted by molar-refractivity contribution is -0.129. The van der Waals surface area contributed by atoms with Gasteiger partial charge in [-0.15, -0.1) is 0 Å². The van der Waals surface area contributed by atoms with Crippen molar-refractivity contribution in [1.29, 1.82) is 0 Å². The van der Waals surface area contributed by atoms with Gasteiger partial charge in [0, 0.05) is 25.7 Å². The van der Waals surface area contributed by atoms with Gasteiger partial charge < -0.3 is 15.0 Å². The Kier molecular flexibility index (Phi) is 4.88. The Morgan fingerprint density at radius 3 is 2.62 bits per heavy atom. The van der Waals surface area contributed by atoms with Crippen LogP contribution in [0.15, 0.2) is 48.8 Å². The van der Waals surface area contributed by atoms with Crippen LogP contribution >= 0.6 is 0 Å². The molecule has 2 amide bonds. The standard InChI is InChI=1S/C19H20N4O3/c1-22(2)17(24)12-23-11-14(10-20-23)21-19(25)15-8-4-6-13-7-5-9-16(26-3)18(13)15/h4-11H,12H2,1-3H3,(H,21,25). The summed E-state index contributed by atoms with van der Waals surface area (Å²) in [5.74, 6) is 0.295. The molecule has 1 N–H and O–H groups in total. The molecular formula is C19H20N4O3. The maximum atomic E-state index is 12.8. The Hall–Kier alpha value is -3.35. The number of rotatable bonds is 5. The third-order valence-electron chi connectivity index (χ3n) is 4.02. The lowest BCUT2D eigenvalue weighted by atomic mass is 10.0. The Balaban J connectivity index is 1.84. The van der Waals surface area contributed by atoms with Gasteiger partial charge in [-0.1, -0.05) is 24.3 Å². The number of carbonyl (C=O) groups is 2. The van der Waals surface area contributed by atoms with Gasteiger partial charge in [0.15, 0.2) is 0 Å². The maximum Gasteiger partial charge on any atom is 0.256 e. The van der Waals surface area contributed by atoms with E-state index < -0.39 is 0 Å². The van der Waals surface area contributed by atoms with E-state index in [4.69, 9.17) is 4.74 Å². The number of hydrogen-bond acceptors (Lipinski definition) is 4. The Morgan fingerprint density at radius 1 is 1.19 bits per heavy atom. The Labute approximate surface area is 151 Å². The van der Waals surface area contributed by atoms with Crippen molar-refractivity contribution in [1.82, 2.24) is 14.7 Å². The number of nitrogens with one attached hydrogen (secondary N) is 1. The number of fused-ring (bicyclic) bond motifs is 1. The summed E-state index contributed by atoms with van der Waals surface area (Å²) in [6.45, 7) is 0.116. The number of amides is 2. The van der Waals surface area contributed by atoms with Crippen molar-refractivity contribution in [3.63, 3.8) is 0 Å². The summed E-state index contributed by atoms with van der Waals surface area (Å²) in [6.07, 6.45) is 3.14. The van der Waals surface area contributed by atoms with Crippen LogP contribution in [-0.4, -0.2) is 47.7 Å². The van der Waals surface area contributed by atoms with Gasteiger partial charge in [-0.25, -0.2) is 0 Å². The zero-order valence-corrected chi connectivity index (χ0v) is 14.9. The zero-order chi connectivity index (χ0) is 18.7. The second-order valence-electron chi connectivity index (χ2n) is 6.03. The smallest absolute Gasteiger partial charge is 0.256 e. The monoisotopic (exact) mass is 352 g/mol. The highest BCUT2D eigenvalue weighted by molar-refractivity contribution is 6.14. The predicted molar refractivity (Wildman–Crippen MR) is 99.4 cm³/mol. The van der Waals surface area contributed by atoms with E-state index in [1.165, 1.54) is 15.8 Å². The number of nitrogens with zero attached hydrogens (tertiary/aromatic N) is 3. The largest absolute Gasteiger partial charge is 0.496 e. The molecule has 1 aromatic heterocycles. The average Bonchev–Trinajstić information content (AvgIpc) is 3.07. The molecule has 3 rings (SSSR count). The van der Waals surface area contributed by atoms with Crippen LogP contribution in [0, 0.1) is 0 Å². The van der Waals surface area contributed by atoms with Crippen molar-refractivity contribution in [2.45, 2.75) is 6.54 Å². The van der Waals surface area contributed by atoms with Crippen LogP contribution in [0.2, 0.25) is 0 Å². The van der Waals surface area contributed by atoms with Crippen molar-refractivity contribution in [3.8, 4) is 5.75 Å². The van der Waals surface area contributed by atoms with Crippen LogP contribution in [0.25, 0.3) is 10.8 Å². The molecule has 0 saturated carbocycles. The van der Waals surface area contributed by atoms with Gasteiger partial charge in [-0.3, -0.25) is 14.3 Å². The molecule has 0 aliphatic heterocycles. The number of methoxy groups -OCH3 is 1. The first-order valence-electron chi connectivity index (χ1n) is 8.09. The first kappa shape index (κ1) is 17.5. The second-order valence-corrected chi connectivity index (χ2v) is 6.03. The number of carbonyl (C=O) groups excluding carboxylic acids is 2. The van der Waals surface area contributed by atoms with Gasteiger partial charge in [-0.2, -0.15) is 5.10 Å². The highest BCUT2D eigenvalue weighted by Gasteiger charge is 2.15. The van der Waals surface area contributed by atoms with E-state index in [-0.39, 0.29) is 18.4 Å². The molecule has 3 aromatic rings. The zero-order valence-electron chi connectivity index (χ0n) is 14.9. The molecule has 0 saturated heterocycles. The van der Waals surface area contributed by atoms with E-state index >= 15 is 0 Å². The summed E-state index contributed by atoms with van der Waals surface area (Å²) < 4.78 is 6.89. The minimum atomic E-state index is -0.265. The maximum absolute atomic E-state index is 12.8. The van der Waals surface area contributed by atoms with Gasteiger partial charge in [0.05, 0.1) is 24.6 Å². The molecule has 134 valence electrons. The Morgan fingerprint density at radius 2 is 1.92 bits per heavy atom. The van der Waals surface area contributed by atoms with Crippen LogP contribution in [0.3, 0.4) is 0 Å². The molecule has 1 heterocycles. The third-order valence-corrected chi connectivity index (χ3v) is 4.02. The molecule has 7 nitrogen and oxygen atoms in total. The van der Waals surface area contributed by atoms with Crippen LogP contribution in [0.4, 0.5) is 5.69 Å². The van der Waals surface area contributed by atoms with Crippen LogP contribution in [-0.2, 0) is 11.3 Å². The molecule has 0 radical (unpaired) electrons. The Bertz CT molecular complexity index is 957. The summed E-state index contributed by atoms with van der Waals surface area (Å²) in [5.41, 5.74) is 1.03. The number of ether oxygens (including phenoxy) is 1. The molecule has 0 fully saturated rings. The molecule has 0 unspecified atom stereocenters. The number of anilines is 1. The molecule has 7 heteroatoms. The van der Waals surface area contributed by atoms with Gasteiger partial charge in [0.2, 0.25) is 5.91 Å². The topological polar surface area (TPSA) is 76.5 Å². The summed E-state index contributed by atoms with van der Waals surface area (Å²) in [5, 5.41) is 8.61. The molecule has 26 heavy (non-hydrogen) atoms. The molecule has 0 spiro atoms. The van der Waals surface area contributed by atoms with Crippen LogP contribution in [0.5, 0.6) is 5.75 Å². The normalized spacial score (nSPS) is 10.6. The number of benzene rings is 2. The fourth-order valence-corrected chi connectivity index (χ4v) is 2.66. The quantitative estimate of drug-likeness (QED) is 0.765.